The molecule has 1 aliphatic carbocycles. The van der Waals surface area contributed by atoms with Gasteiger partial charge in [0.2, 0.25) is 17.7 Å². The summed E-state index contributed by atoms with van der Waals surface area (Å²) in [6.07, 6.45) is 9.77. The average Bonchev–Trinajstić information content (AvgIpc) is 3.78. The topological polar surface area (TPSA) is 153 Å². The number of aryl methyl sites for hydroxylation is 1. The zero-order valence-corrected chi connectivity index (χ0v) is 28.6. The second kappa shape index (κ2) is 13.9. The summed E-state index contributed by atoms with van der Waals surface area (Å²) in [4.78, 5) is 50.3. The summed E-state index contributed by atoms with van der Waals surface area (Å²) >= 11 is 0. The number of ether oxygens (including phenoxy) is 1. The number of pyridine rings is 2. The van der Waals surface area contributed by atoms with Gasteiger partial charge in [-0.2, -0.15) is 0 Å². The van der Waals surface area contributed by atoms with Crippen molar-refractivity contribution in [1.82, 2.24) is 19.8 Å². The number of carbonyl (C=O) groups excluding carboxylic acids is 2. The maximum Gasteiger partial charge on any atom is 0.237 e. The number of nitrogens with zero attached hydrogens (tertiary/aromatic N) is 7. The average molecular weight is 674 g/mol. The van der Waals surface area contributed by atoms with Gasteiger partial charge in [-0.25, -0.2) is 15.0 Å². The lowest BCUT2D eigenvalue weighted by Crippen LogP contribution is -2.43. The zero-order valence-electron chi connectivity index (χ0n) is 28.6. The molecule has 12 nitrogen and oxygen atoms in total. The van der Waals surface area contributed by atoms with Gasteiger partial charge >= 0.3 is 0 Å². The maximum absolute atomic E-state index is 14.0. The van der Waals surface area contributed by atoms with E-state index in [1.54, 1.807) is 24.2 Å². The minimum absolute atomic E-state index is 0.0487. The van der Waals surface area contributed by atoms with Crippen molar-refractivity contribution in [3.05, 3.63) is 88.8 Å². The van der Waals surface area contributed by atoms with Crippen LogP contribution in [-0.4, -0.2) is 102 Å². The van der Waals surface area contributed by atoms with E-state index in [1.807, 2.05) is 54.3 Å². The van der Waals surface area contributed by atoms with Gasteiger partial charge in [-0.1, -0.05) is 36.4 Å². The van der Waals surface area contributed by atoms with Gasteiger partial charge in [0.05, 0.1) is 23.4 Å². The van der Waals surface area contributed by atoms with Gasteiger partial charge in [0.1, 0.15) is 24.1 Å². The van der Waals surface area contributed by atoms with Crippen LogP contribution in [0.4, 0.5) is 5.82 Å². The Labute approximate surface area is 292 Å². The van der Waals surface area contributed by atoms with E-state index in [9.17, 15) is 9.59 Å². The molecule has 1 spiro atoms. The van der Waals surface area contributed by atoms with E-state index in [0.29, 0.717) is 80.9 Å². The largest absolute Gasteiger partial charge is 0.474 e. The fourth-order valence-electron chi connectivity index (χ4n) is 7.02. The Bertz CT molecular complexity index is 1880. The Morgan fingerprint density at radius 3 is 2.56 bits per heavy atom. The van der Waals surface area contributed by atoms with Crippen LogP contribution in [0.1, 0.15) is 60.1 Å². The summed E-state index contributed by atoms with van der Waals surface area (Å²) in [7, 11) is 1.65. The van der Waals surface area contributed by atoms with E-state index in [2.05, 4.69) is 25.9 Å². The van der Waals surface area contributed by atoms with Crippen molar-refractivity contribution in [1.29, 1.82) is 5.41 Å². The first kappa shape index (κ1) is 33.3. The molecule has 1 atom stereocenters. The molecule has 2 saturated heterocycles. The second-order valence-corrected chi connectivity index (χ2v) is 13.6. The molecule has 2 aromatic heterocycles. The van der Waals surface area contributed by atoms with Crippen LogP contribution in [0.15, 0.2) is 70.8 Å². The van der Waals surface area contributed by atoms with Crippen LogP contribution in [0, 0.1) is 17.7 Å². The first-order valence-corrected chi connectivity index (χ1v) is 17.3. The van der Waals surface area contributed by atoms with Crippen molar-refractivity contribution < 1.29 is 14.3 Å². The van der Waals surface area contributed by atoms with Crippen molar-refractivity contribution >= 4 is 41.1 Å². The number of carbonyl (C=O) groups is 2. The number of benzene rings is 1. The van der Waals surface area contributed by atoms with Gasteiger partial charge in [0.25, 0.3) is 0 Å². The molecular weight excluding hydrogens is 630 g/mol. The minimum Gasteiger partial charge on any atom is -0.474 e. The highest BCUT2D eigenvalue weighted by Crippen LogP contribution is 2.42. The molecule has 1 saturated carbocycles. The van der Waals surface area contributed by atoms with Crippen LogP contribution in [0.5, 0.6) is 5.88 Å². The molecule has 0 radical (unpaired) electrons. The molecule has 1 aromatic carbocycles. The fraction of sp³-hybridized carbons (Fsp3) is 0.395. The van der Waals surface area contributed by atoms with Gasteiger partial charge < -0.3 is 15.4 Å². The number of hydrogen-bond acceptors (Lipinski definition) is 8. The van der Waals surface area contributed by atoms with E-state index < -0.39 is 5.41 Å². The van der Waals surface area contributed by atoms with Gasteiger partial charge in [-0.15, -0.1) is 0 Å². The Morgan fingerprint density at radius 1 is 1.08 bits per heavy atom. The highest BCUT2D eigenvalue weighted by atomic mass is 16.5. The van der Waals surface area contributed by atoms with Crippen molar-refractivity contribution in [2.24, 2.45) is 21.1 Å². The molecule has 2 amide bonds. The number of anilines is 1. The third-order valence-electron chi connectivity index (χ3n) is 10.2. The lowest BCUT2D eigenvalue weighted by atomic mass is 9.85. The van der Waals surface area contributed by atoms with Crippen molar-refractivity contribution in [2.75, 3.05) is 51.2 Å². The Morgan fingerprint density at radius 2 is 1.86 bits per heavy atom. The van der Waals surface area contributed by atoms with Gasteiger partial charge in [-0.05, 0) is 74.4 Å². The quantitative estimate of drug-likeness (QED) is 0.245. The smallest absolute Gasteiger partial charge is 0.237 e. The number of hydrogen-bond donors (Lipinski definition) is 2. The Kier molecular flexibility index (Phi) is 9.28. The van der Waals surface area contributed by atoms with Gasteiger partial charge in [-0.3, -0.25) is 29.8 Å². The van der Waals surface area contributed by atoms with Crippen molar-refractivity contribution in [2.45, 2.75) is 45.1 Å². The zero-order chi connectivity index (χ0) is 34.8. The van der Waals surface area contributed by atoms with Crippen LogP contribution in [0.25, 0.3) is 5.57 Å². The summed E-state index contributed by atoms with van der Waals surface area (Å²) in [6.45, 7) is 5.25. The van der Waals surface area contributed by atoms with Crippen LogP contribution < -0.4 is 15.4 Å². The number of rotatable bonds is 10. The van der Waals surface area contributed by atoms with E-state index in [0.717, 1.165) is 36.0 Å². The molecule has 258 valence electrons. The number of likely N-dealkylation sites (tertiary alicyclic amines) is 1. The number of aromatic nitrogens is 2. The summed E-state index contributed by atoms with van der Waals surface area (Å²) in [5.74, 6) is 1.68. The molecule has 5 heterocycles. The number of nitrogens with one attached hydrogen (secondary N) is 1. The molecular formula is C38H43N9O3. The summed E-state index contributed by atoms with van der Waals surface area (Å²) in [6, 6.07) is 15.4. The number of amides is 2. The molecule has 3 aromatic rings. The van der Waals surface area contributed by atoms with Crippen LogP contribution in [-0.2, 0) is 9.59 Å². The van der Waals surface area contributed by atoms with E-state index in [1.165, 1.54) is 11.9 Å². The molecule has 50 heavy (non-hydrogen) atoms. The van der Waals surface area contributed by atoms with E-state index in [4.69, 9.17) is 20.9 Å². The summed E-state index contributed by atoms with van der Waals surface area (Å²) in [5, 5.41) is 8.88. The van der Waals surface area contributed by atoms with Crippen LogP contribution >= 0.6 is 0 Å². The molecule has 3 aliphatic heterocycles. The van der Waals surface area contributed by atoms with Crippen molar-refractivity contribution in [3.63, 3.8) is 0 Å². The van der Waals surface area contributed by atoms with Crippen molar-refractivity contribution in [3.8, 4) is 5.88 Å². The first-order chi connectivity index (χ1) is 24.2. The number of nitrogens with two attached hydrogens (primary N) is 1. The monoisotopic (exact) mass is 673 g/mol. The lowest BCUT2D eigenvalue weighted by Gasteiger charge is -2.29. The Hall–Kier alpha value is -5.23. The molecule has 0 unspecified atom stereocenters. The predicted molar refractivity (Wildman–Crippen MR) is 194 cm³/mol. The molecule has 0 bridgehead atoms. The van der Waals surface area contributed by atoms with Gasteiger partial charge in [0, 0.05) is 56.6 Å². The fourth-order valence-corrected chi connectivity index (χ4v) is 7.02. The minimum atomic E-state index is -0.527. The van der Waals surface area contributed by atoms with Crippen LogP contribution in [0.2, 0.25) is 0 Å². The standard InChI is InChI=1S/C38H43N9O3/c1-25-3-11-31(44-35(25)34(39)29-8-12-32(42-21-29)50-30-9-10-30)47-20-16-38(37(47)49)15-19-45(23-38)22-33(48)46-17-13-27(14-18-46)26-4-6-28(7-5-26)36(40)43-24-41-2/h3-8,11-13,21,24,30,39H,9-10,14-20,22-23H2,1-2H3,(H2,40,41,43)/t38-/m0/s1. The molecule has 7 rings (SSSR count). The molecule has 3 fully saturated rings. The molecule has 3 N–H and O–H groups in total. The van der Waals surface area contributed by atoms with E-state index >= 15 is 0 Å². The number of aliphatic imine (C=N–C) groups is 2. The third kappa shape index (κ3) is 6.93. The lowest BCUT2D eigenvalue weighted by molar-refractivity contribution is -0.132. The molecule has 12 heteroatoms. The van der Waals surface area contributed by atoms with Gasteiger partial charge in [0.15, 0.2) is 0 Å². The Balaban J connectivity index is 0.945. The van der Waals surface area contributed by atoms with E-state index in [-0.39, 0.29) is 23.6 Å². The number of amidine groups is 1. The first-order valence-electron chi connectivity index (χ1n) is 17.3. The second-order valence-electron chi connectivity index (χ2n) is 13.6. The summed E-state index contributed by atoms with van der Waals surface area (Å²) in [5.41, 5.74) is 10.9. The van der Waals surface area contributed by atoms with Crippen LogP contribution in [0.3, 0.4) is 0 Å². The normalized spacial score (nSPS) is 21.4. The third-order valence-corrected chi connectivity index (χ3v) is 10.2. The molecule has 4 aliphatic rings. The highest BCUT2D eigenvalue weighted by Gasteiger charge is 2.51. The maximum atomic E-state index is 14.0. The predicted octanol–water partition coefficient (Wildman–Crippen LogP) is 3.85. The SMILES string of the molecule is CN=CN=C(N)c1ccc(C2=CCN(C(=O)CN3CC[C@]4(CCN(c5ccc(C)c(C(=N)c6ccc(OC7CC7)nc6)n5)C4=O)C3)CC2)cc1. The summed E-state index contributed by atoms with van der Waals surface area (Å²) < 4.78 is 5.75. The highest BCUT2D eigenvalue weighted by molar-refractivity contribution is 6.11.